The smallest absolute Gasteiger partial charge is 0.317 e. The molecule has 1 heterocycles. The predicted molar refractivity (Wildman–Crippen MR) is 101 cm³/mol. The second-order valence-corrected chi connectivity index (χ2v) is 7.35. The van der Waals surface area contributed by atoms with Crippen LogP contribution in [-0.2, 0) is 9.59 Å². The minimum absolute atomic E-state index is 0.00533. The van der Waals surface area contributed by atoms with E-state index in [4.69, 9.17) is 5.11 Å². The molecule has 2 rings (SSSR count). The van der Waals surface area contributed by atoms with E-state index < -0.39 is 5.97 Å². The number of aliphatic carboxylic acids is 1. The van der Waals surface area contributed by atoms with Crippen molar-refractivity contribution in [3.05, 3.63) is 24.3 Å². The van der Waals surface area contributed by atoms with Gasteiger partial charge in [-0.15, -0.1) is 11.8 Å². The van der Waals surface area contributed by atoms with Gasteiger partial charge in [0, 0.05) is 29.7 Å². The summed E-state index contributed by atoms with van der Waals surface area (Å²) in [7, 11) is 1.85. The zero-order valence-corrected chi connectivity index (χ0v) is 15.9. The number of benzene rings is 1. The zero-order chi connectivity index (χ0) is 18.4. The Bertz CT molecular complexity index is 586. The lowest BCUT2D eigenvalue weighted by Gasteiger charge is -2.38. The summed E-state index contributed by atoms with van der Waals surface area (Å²) in [5.41, 5.74) is 0.811. The average molecular weight is 365 g/mol. The van der Waals surface area contributed by atoms with E-state index in [1.165, 1.54) is 4.90 Å². The summed E-state index contributed by atoms with van der Waals surface area (Å²) in [6.45, 7) is 3.59. The number of carboxylic acids is 1. The van der Waals surface area contributed by atoms with Crippen LogP contribution in [0.5, 0.6) is 0 Å². The molecule has 1 aliphatic rings. The molecule has 0 spiro atoms. The second-order valence-electron chi connectivity index (χ2n) is 6.47. The standard InChI is InChI=1S/C18H27N3O3S/c1-13(18(24)19-14-4-6-16(25-3)7-5-14)21-10-8-15(9-11-21)20(2)12-17(22)23/h4-7,13,15H,8-12H2,1-3H3,(H,19,24)(H,22,23). The molecule has 1 atom stereocenters. The molecule has 1 aromatic carbocycles. The second kappa shape index (κ2) is 9.22. The van der Waals surface area contributed by atoms with E-state index in [0.717, 1.165) is 31.6 Å². The molecule has 1 fully saturated rings. The van der Waals surface area contributed by atoms with Crippen molar-refractivity contribution in [3.63, 3.8) is 0 Å². The Kier molecular flexibility index (Phi) is 7.28. The number of nitrogens with one attached hydrogen (secondary N) is 1. The van der Waals surface area contributed by atoms with E-state index in [2.05, 4.69) is 10.2 Å². The van der Waals surface area contributed by atoms with Crippen molar-refractivity contribution in [3.8, 4) is 0 Å². The van der Waals surface area contributed by atoms with Gasteiger partial charge in [-0.3, -0.25) is 19.4 Å². The minimum Gasteiger partial charge on any atom is -0.480 e. The van der Waals surface area contributed by atoms with Gasteiger partial charge in [0.2, 0.25) is 5.91 Å². The van der Waals surface area contributed by atoms with Gasteiger partial charge in [-0.25, -0.2) is 0 Å². The third kappa shape index (κ3) is 5.73. The Morgan fingerprint density at radius 3 is 2.44 bits per heavy atom. The lowest BCUT2D eigenvalue weighted by atomic mass is 10.0. The Morgan fingerprint density at radius 1 is 1.32 bits per heavy atom. The highest BCUT2D eigenvalue weighted by Crippen LogP contribution is 2.20. The van der Waals surface area contributed by atoms with Crippen LogP contribution in [0.4, 0.5) is 5.69 Å². The number of nitrogens with zero attached hydrogens (tertiary/aromatic N) is 2. The maximum Gasteiger partial charge on any atom is 0.317 e. The highest BCUT2D eigenvalue weighted by atomic mass is 32.2. The maximum atomic E-state index is 12.5. The van der Waals surface area contributed by atoms with Gasteiger partial charge in [0.05, 0.1) is 12.6 Å². The number of rotatable bonds is 7. The quantitative estimate of drug-likeness (QED) is 0.722. The molecule has 0 aromatic heterocycles. The largest absolute Gasteiger partial charge is 0.480 e. The predicted octanol–water partition coefficient (Wildman–Crippen LogP) is 2.22. The van der Waals surface area contributed by atoms with Gasteiger partial charge in [0.25, 0.3) is 0 Å². The minimum atomic E-state index is -0.801. The Balaban J connectivity index is 1.83. The fourth-order valence-electron chi connectivity index (χ4n) is 3.14. The SMILES string of the molecule is CSc1ccc(NC(=O)C(C)N2CCC(N(C)CC(=O)O)CC2)cc1. The van der Waals surface area contributed by atoms with Crippen LogP contribution in [0.2, 0.25) is 0 Å². The third-order valence-corrected chi connectivity index (χ3v) is 5.54. The molecular weight excluding hydrogens is 338 g/mol. The number of likely N-dealkylation sites (N-methyl/N-ethyl adjacent to an activating group) is 1. The molecule has 1 unspecified atom stereocenters. The molecule has 7 heteroatoms. The summed E-state index contributed by atoms with van der Waals surface area (Å²) in [5.74, 6) is -0.806. The van der Waals surface area contributed by atoms with E-state index in [1.54, 1.807) is 11.8 Å². The molecular formula is C18H27N3O3S. The van der Waals surface area contributed by atoms with Crippen LogP contribution in [0.1, 0.15) is 19.8 Å². The molecule has 0 aliphatic carbocycles. The monoisotopic (exact) mass is 365 g/mol. The van der Waals surface area contributed by atoms with Crippen LogP contribution in [0.25, 0.3) is 0 Å². The molecule has 1 saturated heterocycles. The van der Waals surface area contributed by atoms with E-state index >= 15 is 0 Å². The van der Waals surface area contributed by atoms with Crippen LogP contribution in [0, 0.1) is 0 Å². The molecule has 6 nitrogen and oxygen atoms in total. The lowest BCUT2D eigenvalue weighted by Crippen LogP contribution is -2.50. The molecule has 138 valence electrons. The first-order chi connectivity index (χ1) is 11.9. The van der Waals surface area contributed by atoms with Crippen molar-refractivity contribution in [2.24, 2.45) is 0 Å². The molecule has 2 N–H and O–H groups in total. The third-order valence-electron chi connectivity index (χ3n) is 4.79. The van der Waals surface area contributed by atoms with Gasteiger partial charge in [-0.05, 0) is 57.3 Å². The van der Waals surface area contributed by atoms with Crippen LogP contribution in [0.15, 0.2) is 29.2 Å². The van der Waals surface area contributed by atoms with Crippen LogP contribution >= 0.6 is 11.8 Å². The van der Waals surface area contributed by atoms with Gasteiger partial charge in [0.15, 0.2) is 0 Å². The van der Waals surface area contributed by atoms with Crippen molar-refractivity contribution in [1.29, 1.82) is 0 Å². The summed E-state index contributed by atoms with van der Waals surface area (Å²) in [6.07, 6.45) is 3.78. The number of carbonyl (C=O) groups excluding carboxylic acids is 1. The Labute approximate surface area is 153 Å². The first kappa shape index (κ1) is 19.8. The van der Waals surface area contributed by atoms with Crippen molar-refractivity contribution in [2.45, 2.75) is 36.7 Å². The fourth-order valence-corrected chi connectivity index (χ4v) is 3.55. The Morgan fingerprint density at radius 2 is 1.92 bits per heavy atom. The number of thioether (sulfide) groups is 1. The molecule has 1 aliphatic heterocycles. The molecule has 1 aromatic rings. The molecule has 0 radical (unpaired) electrons. The normalized spacial score (nSPS) is 17.4. The topological polar surface area (TPSA) is 72.9 Å². The molecule has 0 saturated carbocycles. The highest BCUT2D eigenvalue weighted by molar-refractivity contribution is 7.98. The van der Waals surface area contributed by atoms with E-state index in [1.807, 2.05) is 49.4 Å². The average Bonchev–Trinajstić information content (AvgIpc) is 2.61. The maximum absolute atomic E-state index is 12.5. The summed E-state index contributed by atoms with van der Waals surface area (Å²) in [6, 6.07) is 7.89. The number of piperidine rings is 1. The van der Waals surface area contributed by atoms with Crippen LogP contribution in [-0.4, -0.2) is 71.8 Å². The van der Waals surface area contributed by atoms with E-state index in [-0.39, 0.29) is 24.5 Å². The summed E-state index contributed by atoms with van der Waals surface area (Å²) >= 11 is 1.67. The summed E-state index contributed by atoms with van der Waals surface area (Å²) in [5, 5.41) is 11.9. The van der Waals surface area contributed by atoms with Gasteiger partial charge in [-0.1, -0.05) is 0 Å². The Hall–Kier alpha value is -1.57. The number of likely N-dealkylation sites (tertiary alicyclic amines) is 1. The molecule has 25 heavy (non-hydrogen) atoms. The van der Waals surface area contributed by atoms with Crippen LogP contribution < -0.4 is 5.32 Å². The van der Waals surface area contributed by atoms with Crippen molar-refractivity contribution in [2.75, 3.05) is 38.3 Å². The summed E-state index contributed by atoms with van der Waals surface area (Å²) < 4.78 is 0. The van der Waals surface area contributed by atoms with Crippen molar-refractivity contribution in [1.82, 2.24) is 9.80 Å². The van der Waals surface area contributed by atoms with Crippen molar-refractivity contribution < 1.29 is 14.7 Å². The molecule has 1 amide bonds. The summed E-state index contributed by atoms with van der Waals surface area (Å²) in [4.78, 5) is 28.5. The van der Waals surface area contributed by atoms with Gasteiger partial charge >= 0.3 is 5.97 Å². The first-order valence-electron chi connectivity index (χ1n) is 8.51. The number of amides is 1. The van der Waals surface area contributed by atoms with Crippen LogP contribution in [0.3, 0.4) is 0 Å². The highest BCUT2D eigenvalue weighted by Gasteiger charge is 2.28. The lowest BCUT2D eigenvalue weighted by molar-refractivity contribution is -0.138. The first-order valence-corrected chi connectivity index (χ1v) is 9.74. The fraction of sp³-hybridized carbons (Fsp3) is 0.556. The molecule has 0 bridgehead atoms. The van der Waals surface area contributed by atoms with Gasteiger partial charge < -0.3 is 10.4 Å². The number of hydrogen-bond acceptors (Lipinski definition) is 5. The van der Waals surface area contributed by atoms with E-state index in [0.29, 0.717) is 0 Å². The number of carbonyl (C=O) groups is 2. The van der Waals surface area contributed by atoms with Gasteiger partial charge in [-0.2, -0.15) is 0 Å². The van der Waals surface area contributed by atoms with E-state index in [9.17, 15) is 9.59 Å². The van der Waals surface area contributed by atoms with Crippen molar-refractivity contribution >= 4 is 29.3 Å². The number of carboxylic acid groups (broad SMARTS) is 1. The van der Waals surface area contributed by atoms with Gasteiger partial charge in [0.1, 0.15) is 0 Å². The number of anilines is 1. The zero-order valence-electron chi connectivity index (χ0n) is 15.1. The number of hydrogen-bond donors (Lipinski definition) is 2.